The quantitative estimate of drug-likeness (QED) is 0.780. The molecule has 130 valence electrons. The second-order valence-corrected chi connectivity index (χ2v) is 6.57. The number of carbonyl (C=O) groups is 2. The van der Waals surface area contributed by atoms with Crippen molar-refractivity contribution in [2.75, 3.05) is 44.3 Å². The average Bonchev–Trinajstić information content (AvgIpc) is 2.96. The lowest BCUT2D eigenvalue weighted by atomic mass is 9.88. The van der Waals surface area contributed by atoms with Gasteiger partial charge in [0.05, 0.1) is 13.2 Å². The molecule has 0 saturated carbocycles. The number of amides is 2. The molecule has 0 spiro atoms. The first-order chi connectivity index (χ1) is 11.6. The van der Waals surface area contributed by atoms with Gasteiger partial charge >= 0.3 is 0 Å². The molecule has 1 aromatic rings. The summed E-state index contributed by atoms with van der Waals surface area (Å²) in [6.07, 6.45) is 1.30. The molecule has 0 radical (unpaired) electrons. The van der Waals surface area contributed by atoms with Crippen LogP contribution in [-0.2, 0) is 20.7 Å². The van der Waals surface area contributed by atoms with Gasteiger partial charge in [-0.15, -0.1) is 0 Å². The van der Waals surface area contributed by atoms with Crippen molar-refractivity contribution in [3.8, 4) is 0 Å². The molecule has 2 amide bonds. The normalized spacial score (nSPS) is 23.9. The molecule has 2 N–H and O–H groups in total. The number of nitrogens with zero attached hydrogens (tertiary/aromatic N) is 1. The molecule has 2 aliphatic heterocycles. The van der Waals surface area contributed by atoms with Crippen molar-refractivity contribution in [3.05, 3.63) is 29.8 Å². The summed E-state index contributed by atoms with van der Waals surface area (Å²) >= 11 is 0. The van der Waals surface area contributed by atoms with Crippen molar-refractivity contribution in [2.24, 2.45) is 5.41 Å². The standard InChI is InChI=1S/C18H25N3O3/c1-18(7-9-20-17(18)23)16(22)19-8-6-14-4-2-3-5-15(14)21-10-12-24-13-11-21/h2-5H,6-13H2,1H3,(H,19,22)(H,20,23). The number of anilines is 1. The summed E-state index contributed by atoms with van der Waals surface area (Å²) in [5.41, 5.74) is 1.49. The van der Waals surface area contributed by atoms with Crippen molar-refractivity contribution in [1.82, 2.24) is 10.6 Å². The van der Waals surface area contributed by atoms with Crippen LogP contribution in [0.1, 0.15) is 18.9 Å². The monoisotopic (exact) mass is 331 g/mol. The van der Waals surface area contributed by atoms with Gasteiger partial charge in [-0.3, -0.25) is 9.59 Å². The van der Waals surface area contributed by atoms with Crippen LogP contribution in [0.3, 0.4) is 0 Å². The summed E-state index contributed by atoms with van der Waals surface area (Å²) in [5.74, 6) is -0.352. The number of benzene rings is 1. The summed E-state index contributed by atoms with van der Waals surface area (Å²) < 4.78 is 5.42. The third-order valence-electron chi connectivity index (χ3n) is 4.94. The first-order valence-electron chi connectivity index (χ1n) is 8.58. The Morgan fingerprint density at radius 3 is 2.79 bits per heavy atom. The van der Waals surface area contributed by atoms with Crippen LogP contribution < -0.4 is 15.5 Å². The fourth-order valence-corrected chi connectivity index (χ4v) is 3.29. The topological polar surface area (TPSA) is 70.7 Å². The third kappa shape index (κ3) is 3.38. The van der Waals surface area contributed by atoms with E-state index in [-0.39, 0.29) is 11.8 Å². The van der Waals surface area contributed by atoms with E-state index in [0.717, 1.165) is 32.7 Å². The van der Waals surface area contributed by atoms with Gasteiger partial charge in [-0.2, -0.15) is 0 Å². The van der Waals surface area contributed by atoms with E-state index in [1.54, 1.807) is 6.92 Å². The highest BCUT2D eigenvalue weighted by Crippen LogP contribution is 2.26. The Labute approximate surface area is 142 Å². The smallest absolute Gasteiger partial charge is 0.235 e. The summed E-state index contributed by atoms with van der Waals surface area (Å²) in [4.78, 5) is 26.5. The van der Waals surface area contributed by atoms with Crippen molar-refractivity contribution in [2.45, 2.75) is 19.8 Å². The van der Waals surface area contributed by atoms with Gasteiger partial charge in [-0.1, -0.05) is 18.2 Å². The number of nitrogens with one attached hydrogen (secondary N) is 2. The molecule has 2 aliphatic rings. The van der Waals surface area contributed by atoms with Gasteiger partial charge in [0, 0.05) is 31.9 Å². The lowest BCUT2D eigenvalue weighted by Crippen LogP contribution is -2.44. The fraction of sp³-hybridized carbons (Fsp3) is 0.556. The maximum atomic E-state index is 12.4. The predicted octanol–water partition coefficient (Wildman–Crippen LogP) is 0.708. The van der Waals surface area contributed by atoms with E-state index in [1.165, 1.54) is 11.3 Å². The third-order valence-corrected chi connectivity index (χ3v) is 4.94. The van der Waals surface area contributed by atoms with Crippen molar-refractivity contribution >= 4 is 17.5 Å². The van der Waals surface area contributed by atoms with Crippen LogP contribution in [0.25, 0.3) is 0 Å². The van der Waals surface area contributed by atoms with E-state index < -0.39 is 5.41 Å². The van der Waals surface area contributed by atoms with E-state index >= 15 is 0 Å². The van der Waals surface area contributed by atoms with Crippen molar-refractivity contribution < 1.29 is 14.3 Å². The number of hydrogen-bond donors (Lipinski definition) is 2. The second-order valence-electron chi connectivity index (χ2n) is 6.57. The minimum absolute atomic E-state index is 0.172. The zero-order chi connectivity index (χ0) is 17.0. The molecule has 1 unspecified atom stereocenters. The lowest BCUT2D eigenvalue weighted by molar-refractivity contribution is -0.139. The summed E-state index contributed by atoms with van der Waals surface area (Å²) in [7, 11) is 0. The Morgan fingerprint density at radius 1 is 1.33 bits per heavy atom. The Morgan fingerprint density at radius 2 is 2.08 bits per heavy atom. The van der Waals surface area contributed by atoms with Crippen LogP contribution in [0.2, 0.25) is 0 Å². The number of rotatable bonds is 5. The SMILES string of the molecule is CC1(C(=O)NCCc2ccccc2N2CCOCC2)CCNC1=O. The van der Waals surface area contributed by atoms with E-state index in [0.29, 0.717) is 19.5 Å². The number of para-hydroxylation sites is 1. The number of carbonyl (C=O) groups excluding carboxylic acids is 2. The molecule has 3 rings (SSSR count). The maximum Gasteiger partial charge on any atom is 0.235 e. The first-order valence-corrected chi connectivity index (χ1v) is 8.58. The Kier molecular flexibility index (Phi) is 5.04. The number of morpholine rings is 1. The second kappa shape index (κ2) is 7.21. The van der Waals surface area contributed by atoms with Crippen LogP contribution in [-0.4, -0.2) is 51.2 Å². The van der Waals surface area contributed by atoms with Gasteiger partial charge in [0.2, 0.25) is 11.8 Å². The molecule has 0 bridgehead atoms. The average molecular weight is 331 g/mol. The predicted molar refractivity (Wildman–Crippen MR) is 91.9 cm³/mol. The van der Waals surface area contributed by atoms with Gasteiger partial charge in [0.25, 0.3) is 0 Å². The van der Waals surface area contributed by atoms with Crippen LogP contribution >= 0.6 is 0 Å². The molecular weight excluding hydrogens is 306 g/mol. The van der Waals surface area contributed by atoms with Gasteiger partial charge in [0.1, 0.15) is 5.41 Å². The van der Waals surface area contributed by atoms with Gasteiger partial charge in [-0.25, -0.2) is 0 Å². The fourth-order valence-electron chi connectivity index (χ4n) is 3.29. The zero-order valence-corrected chi connectivity index (χ0v) is 14.1. The molecule has 2 heterocycles. The highest BCUT2D eigenvalue weighted by molar-refractivity contribution is 6.05. The van der Waals surface area contributed by atoms with E-state index in [4.69, 9.17) is 4.74 Å². The summed E-state index contributed by atoms with van der Waals surface area (Å²) in [6.45, 7) is 6.10. The van der Waals surface area contributed by atoms with Crippen LogP contribution in [0.15, 0.2) is 24.3 Å². The van der Waals surface area contributed by atoms with Gasteiger partial charge in [0.15, 0.2) is 0 Å². The molecule has 6 nitrogen and oxygen atoms in total. The van der Waals surface area contributed by atoms with E-state index in [2.05, 4.69) is 27.7 Å². The summed E-state index contributed by atoms with van der Waals surface area (Å²) in [5, 5.41) is 5.66. The molecule has 2 fully saturated rings. The van der Waals surface area contributed by atoms with Crippen molar-refractivity contribution in [1.29, 1.82) is 0 Å². The van der Waals surface area contributed by atoms with E-state index in [1.807, 2.05) is 12.1 Å². The minimum Gasteiger partial charge on any atom is -0.378 e. The summed E-state index contributed by atoms with van der Waals surface area (Å²) in [6, 6.07) is 8.28. The molecule has 6 heteroatoms. The van der Waals surface area contributed by atoms with Crippen molar-refractivity contribution in [3.63, 3.8) is 0 Å². The van der Waals surface area contributed by atoms with Gasteiger partial charge < -0.3 is 20.3 Å². The Hall–Kier alpha value is -2.08. The number of hydrogen-bond acceptors (Lipinski definition) is 4. The highest BCUT2D eigenvalue weighted by Gasteiger charge is 2.44. The molecular formula is C18H25N3O3. The lowest BCUT2D eigenvalue weighted by Gasteiger charge is -2.30. The molecule has 24 heavy (non-hydrogen) atoms. The van der Waals surface area contributed by atoms with Crippen LogP contribution in [0.4, 0.5) is 5.69 Å². The van der Waals surface area contributed by atoms with Gasteiger partial charge in [-0.05, 0) is 31.4 Å². The highest BCUT2D eigenvalue weighted by atomic mass is 16.5. The van der Waals surface area contributed by atoms with E-state index in [9.17, 15) is 9.59 Å². The molecule has 0 aromatic heterocycles. The first kappa shape index (κ1) is 16.8. The number of ether oxygens (including phenoxy) is 1. The van der Waals surface area contributed by atoms with Crippen LogP contribution in [0, 0.1) is 5.41 Å². The van der Waals surface area contributed by atoms with Crippen LogP contribution in [0.5, 0.6) is 0 Å². The zero-order valence-electron chi connectivity index (χ0n) is 14.1. The molecule has 1 atom stereocenters. The molecule has 1 aromatic carbocycles. The molecule has 0 aliphatic carbocycles. The maximum absolute atomic E-state index is 12.4. The minimum atomic E-state index is -0.927. The molecule has 2 saturated heterocycles. The largest absolute Gasteiger partial charge is 0.378 e. The Bertz CT molecular complexity index is 613. The Balaban J connectivity index is 1.59.